The van der Waals surface area contributed by atoms with Gasteiger partial charge in [0.15, 0.2) is 0 Å². The Kier molecular flexibility index (Phi) is 5.34. The van der Waals surface area contributed by atoms with E-state index < -0.39 is 0 Å². The number of benzene rings is 1. The lowest BCUT2D eigenvalue weighted by molar-refractivity contribution is 0.265. The maximum Gasteiger partial charge on any atom is 0.229 e. The molecular weight excluding hydrogens is 342 g/mol. The van der Waals surface area contributed by atoms with Gasteiger partial charge in [-0.2, -0.15) is 10.1 Å². The van der Waals surface area contributed by atoms with Gasteiger partial charge in [-0.1, -0.05) is 0 Å². The Morgan fingerprint density at radius 1 is 1.26 bits per heavy atom. The van der Waals surface area contributed by atoms with Crippen LogP contribution in [0.3, 0.4) is 0 Å². The van der Waals surface area contributed by atoms with E-state index in [9.17, 15) is 0 Å². The van der Waals surface area contributed by atoms with Gasteiger partial charge < -0.3 is 20.3 Å². The number of ether oxygens (including phenoxy) is 1. The van der Waals surface area contributed by atoms with Crippen molar-refractivity contribution < 1.29 is 4.74 Å². The Morgan fingerprint density at radius 2 is 2.15 bits per heavy atom. The summed E-state index contributed by atoms with van der Waals surface area (Å²) < 4.78 is 6.07. The van der Waals surface area contributed by atoms with Crippen molar-refractivity contribution >= 4 is 28.4 Å². The van der Waals surface area contributed by atoms with E-state index >= 15 is 0 Å². The van der Waals surface area contributed by atoms with E-state index in [0.29, 0.717) is 12.6 Å². The van der Waals surface area contributed by atoms with Gasteiger partial charge in [0.1, 0.15) is 17.1 Å². The van der Waals surface area contributed by atoms with E-state index in [0.717, 1.165) is 41.1 Å². The summed E-state index contributed by atoms with van der Waals surface area (Å²) in [6.07, 6.45) is 7.16. The molecule has 0 spiro atoms. The molecule has 2 aromatic heterocycles. The molecule has 3 aromatic rings. The highest BCUT2D eigenvalue weighted by Crippen LogP contribution is 2.29. The summed E-state index contributed by atoms with van der Waals surface area (Å²) in [6.45, 7) is 4.21. The molecule has 27 heavy (non-hydrogen) atoms. The fraction of sp³-hybridized carbons (Fsp3) is 0.421. The lowest BCUT2D eigenvalue weighted by Gasteiger charge is -2.15. The van der Waals surface area contributed by atoms with Gasteiger partial charge in [0.25, 0.3) is 0 Å². The average Bonchev–Trinajstić information content (AvgIpc) is 3.37. The van der Waals surface area contributed by atoms with E-state index in [2.05, 4.69) is 35.7 Å². The lowest BCUT2D eigenvalue weighted by Crippen LogP contribution is -2.21. The van der Waals surface area contributed by atoms with Gasteiger partial charge in [-0.3, -0.25) is 5.10 Å². The first-order valence-electron chi connectivity index (χ1n) is 9.42. The van der Waals surface area contributed by atoms with Gasteiger partial charge in [-0.05, 0) is 44.5 Å². The van der Waals surface area contributed by atoms with Crippen LogP contribution in [0, 0.1) is 0 Å². The Bertz CT molecular complexity index is 889. The number of rotatable bonds is 8. The minimum Gasteiger partial charge on any atom is -0.491 e. The predicted octanol–water partition coefficient (Wildman–Crippen LogP) is 3.00. The van der Waals surface area contributed by atoms with E-state index in [4.69, 9.17) is 4.74 Å². The maximum absolute atomic E-state index is 6.07. The van der Waals surface area contributed by atoms with Crippen molar-refractivity contribution in [1.82, 2.24) is 25.1 Å². The number of anilines is 3. The third-order valence-electron chi connectivity index (χ3n) is 4.76. The summed E-state index contributed by atoms with van der Waals surface area (Å²) in [4.78, 5) is 11.2. The van der Waals surface area contributed by atoms with Crippen molar-refractivity contribution in [2.24, 2.45) is 0 Å². The van der Waals surface area contributed by atoms with Gasteiger partial charge in [0.2, 0.25) is 5.95 Å². The fourth-order valence-electron chi connectivity index (χ4n) is 3.37. The van der Waals surface area contributed by atoms with Gasteiger partial charge in [-0.15, -0.1) is 0 Å². The van der Waals surface area contributed by atoms with Crippen LogP contribution < -0.4 is 15.4 Å². The molecule has 0 unspecified atom stereocenters. The highest BCUT2D eigenvalue weighted by Gasteiger charge is 2.12. The van der Waals surface area contributed by atoms with Gasteiger partial charge in [0.05, 0.1) is 12.8 Å². The number of hydrogen-bond donors (Lipinski definition) is 3. The molecule has 0 radical (unpaired) electrons. The molecule has 8 nitrogen and oxygen atoms in total. The van der Waals surface area contributed by atoms with Crippen LogP contribution in [0.1, 0.15) is 19.3 Å². The van der Waals surface area contributed by atoms with Crippen molar-refractivity contribution in [3.05, 3.63) is 30.6 Å². The van der Waals surface area contributed by atoms with Crippen LogP contribution in [-0.4, -0.2) is 58.4 Å². The number of aromatic nitrogens is 4. The van der Waals surface area contributed by atoms with Crippen LogP contribution >= 0.6 is 0 Å². The predicted molar refractivity (Wildman–Crippen MR) is 107 cm³/mol. The first-order valence-corrected chi connectivity index (χ1v) is 9.42. The molecule has 8 heteroatoms. The third-order valence-corrected chi connectivity index (χ3v) is 4.76. The minimum absolute atomic E-state index is 0.532. The molecule has 3 N–H and O–H groups in total. The fourth-order valence-corrected chi connectivity index (χ4v) is 3.37. The van der Waals surface area contributed by atoms with E-state index in [1.807, 2.05) is 25.2 Å². The summed E-state index contributed by atoms with van der Waals surface area (Å²) in [5, 5.41) is 14.4. The standard InChI is InChI=1S/C19H25N7O/c1-20-17-5-6-21-19(24-17)23-15-11-14-13-22-25-18(14)16(12-15)27-10-4-9-26-7-2-3-8-26/h5-6,11-13H,2-4,7-10H2,1H3,(H,22,25)(H2,20,21,23,24). The summed E-state index contributed by atoms with van der Waals surface area (Å²) in [5.41, 5.74) is 1.78. The Labute approximate surface area is 158 Å². The molecule has 0 aliphatic carbocycles. The molecule has 3 heterocycles. The number of likely N-dealkylation sites (tertiary alicyclic amines) is 1. The highest BCUT2D eigenvalue weighted by molar-refractivity contribution is 5.88. The molecule has 1 aromatic carbocycles. The number of hydrogen-bond acceptors (Lipinski definition) is 7. The average molecular weight is 367 g/mol. The topological polar surface area (TPSA) is 91.0 Å². The number of nitrogens with one attached hydrogen (secondary N) is 3. The summed E-state index contributed by atoms with van der Waals surface area (Å²) in [6, 6.07) is 5.79. The highest BCUT2D eigenvalue weighted by atomic mass is 16.5. The zero-order valence-corrected chi connectivity index (χ0v) is 15.5. The monoisotopic (exact) mass is 367 g/mol. The zero-order valence-electron chi connectivity index (χ0n) is 15.5. The van der Waals surface area contributed by atoms with Crippen LogP contribution in [0.5, 0.6) is 5.75 Å². The van der Waals surface area contributed by atoms with Crippen molar-refractivity contribution in [2.45, 2.75) is 19.3 Å². The van der Waals surface area contributed by atoms with Crippen LogP contribution in [-0.2, 0) is 0 Å². The second kappa shape index (κ2) is 8.22. The number of nitrogens with zero attached hydrogens (tertiary/aromatic N) is 4. The van der Waals surface area contributed by atoms with E-state index in [1.165, 1.54) is 25.9 Å². The van der Waals surface area contributed by atoms with Gasteiger partial charge in [-0.25, -0.2) is 4.98 Å². The van der Waals surface area contributed by atoms with Gasteiger partial charge in [0, 0.05) is 36.9 Å². The van der Waals surface area contributed by atoms with Crippen molar-refractivity contribution in [3.63, 3.8) is 0 Å². The SMILES string of the molecule is CNc1ccnc(Nc2cc(OCCCN3CCCC3)c3[nH]ncc3c2)n1. The van der Waals surface area contributed by atoms with Crippen LogP contribution in [0.2, 0.25) is 0 Å². The molecule has 4 rings (SSSR count). The Hall–Kier alpha value is -2.87. The molecule has 0 amide bonds. The second-order valence-corrected chi connectivity index (χ2v) is 6.70. The summed E-state index contributed by atoms with van der Waals surface area (Å²) in [5.74, 6) is 2.08. The minimum atomic E-state index is 0.532. The number of fused-ring (bicyclic) bond motifs is 1. The van der Waals surface area contributed by atoms with Gasteiger partial charge >= 0.3 is 0 Å². The van der Waals surface area contributed by atoms with Crippen LogP contribution in [0.4, 0.5) is 17.5 Å². The largest absolute Gasteiger partial charge is 0.491 e. The maximum atomic E-state index is 6.07. The molecule has 0 bridgehead atoms. The summed E-state index contributed by atoms with van der Waals surface area (Å²) in [7, 11) is 1.83. The molecule has 1 saturated heterocycles. The second-order valence-electron chi connectivity index (χ2n) is 6.70. The molecular formula is C19H25N7O. The normalized spacial score (nSPS) is 14.6. The Morgan fingerprint density at radius 3 is 3.00 bits per heavy atom. The smallest absolute Gasteiger partial charge is 0.229 e. The third kappa shape index (κ3) is 4.28. The Balaban J connectivity index is 1.45. The van der Waals surface area contributed by atoms with E-state index in [-0.39, 0.29) is 0 Å². The number of aromatic amines is 1. The first-order chi connectivity index (χ1) is 13.3. The van der Waals surface area contributed by atoms with Crippen molar-refractivity contribution in [2.75, 3.05) is 43.9 Å². The molecule has 1 aliphatic rings. The molecule has 0 atom stereocenters. The zero-order chi connectivity index (χ0) is 18.5. The quantitative estimate of drug-likeness (QED) is 0.527. The summed E-state index contributed by atoms with van der Waals surface area (Å²) >= 11 is 0. The first kappa shape index (κ1) is 17.5. The molecule has 0 saturated carbocycles. The molecule has 142 valence electrons. The van der Waals surface area contributed by atoms with Crippen molar-refractivity contribution in [1.29, 1.82) is 0 Å². The van der Waals surface area contributed by atoms with Crippen LogP contribution in [0.15, 0.2) is 30.6 Å². The molecule has 1 fully saturated rings. The molecule has 1 aliphatic heterocycles. The van der Waals surface area contributed by atoms with E-state index in [1.54, 1.807) is 12.4 Å². The lowest BCUT2D eigenvalue weighted by atomic mass is 10.2. The van der Waals surface area contributed by atoms with Crippen molar-refractivity contribution in [3.8, 4) is 5.75 Å². The number of H-pyrrole nitrogens is 1. The van der Waals surface area contributed by atoms with Crippen LogP contribution in [0.25, 0.3) is 10.9 Å².